The van der Waals surface area contributed by atoms with Crippen molar-refractivity contribution in [1.29, 1.82) is 0 Å². The Morgan fingerprint density at radius 2 is 1.89 bits per heavy atom. The lowest BCUT2D eigenvalue weighted by Gasteiger charge is -2.41. The van der Waals surface area contributed by atoms with Gasteiger partial charge in [0.15, 0.2) is 0 Å². The number of piperidine rings is 1. The molecule has 1 saturated carbocycles. The van der Waals surface area contributed by atoms with Gasteiger partial charge in [-0.2, -0.15) is 12.7 Å². The summed E-state index contributed by atoms with van der Waals surface area (Å²) in [5.74, 6) is 0.184. The van der Waals surface area contributed by atoms with Crippen LogP contribution in [0.2, 0.25) is 0 Å². The maximum absolute atomic E-state index is 13.8. The minimum absolute atomic E-state index is 0.0800. The van der Waals surface area contributed by atoms with Crippen molar-refractivity contribution in [2.75, 3.05) is 6.54 Å². The molecular formula is C23H24FN3O6S2. The van der Waals surface area contributed by atoms with Crippen LogP contribution in [-0.4, -0.2) is 44.6 Å². The van der Waals surface area contributed by atoms with Crippen molar-refractivity contribution in [2.45, 2.75) is 48.1 Å². The maximum Gasteiger partial charge on any atom is 0.332 e. The summed E-state index contributed by atoms with van der Waals surface area (Å²) in [5.41, 5.74) is 0.549. The third-order valence-electron chi connectivity index (χ3n) is 6.90. The lowest BCUT2D eigenvalue weighted by atomic mass is 9.73. The van der Waals surface area contributed by atoms with Gasteiger partial charge in [0, 0.05) is 36.3 Å². The Hall–Kier alpha value is -2.83. The predicted molar refractivity (Wildman–Crippen MR) is 124 cm³/mol. The number of hydrogen-bond acceptors (Lipinski definition) is 7. The van der Waals surface area contributed by atoms with Crippen LogP contribution in [0.5, 0.6) is 0 Å². The third kappa shape index (κ3) is 4.69. The minimum atomic E-state index is -5.10. The Balaban J connectivity index is 1.54. The molecule has 35 heavy (non-hydrogen) atoms. The van der Waals surface area contributed by atoms with Gasteiger partial charge in [0.25, 0.3) is 0 Å². The van der Waals surface area contributed by atoms with Crippen LogP contribution in [-0.2, 0) is 31.6 Å². The van der Waals surface area contributed by atoms with Crippen molar-refractivity contribution >= 4 is 37.1 Å². The molecule has 9 nitrogen and oxygen atoms in total. The summed E-state index contributed by atoms with van der Waals surface area (Å²) < 4.78 is 71.2. The fourth-order valence-electron chi connectivity index (χ4n) is 5.15. The van der Waals surface area contributed by atoms with Crippen molar-refractivity contribution in [2.24, 2.45) is 11.8 Å². The first-order chi connectivity index (χ1) is 16.6. The molecule has 1 aliphatic heterocycles. The number of carbonyl (C=O) groups is 1. The number of carbonyl (C=O) groups excluding carboxylic acids is 1. The highest BCUT2D eigenvalue weighted by molar-refractivity contribution is 7.89. The maximum atomic E-state index is 13.8. The van der Waals surface area contributed by atoms with E-state index in [1.807, 2.05) is 0 Å². The topological polar surface area (TPSA) is 127 Å². The van der Waals surface area contributed by atoms with E-state index in [-0.39, 0.29) is 29.2 Å². The van der Waals surface area contributed by atoms with E-state index >= 15 is 0 Å². The predicted octanol–water partition coefficient (Wildman–Crippen LogP) is 2.98. The zero-order valence-electron chi connectivity index (χ0n) is 18.6. The molecule has 1 amide bonds. The van der Waals surface area contributed by atoms with Gasteiger partial charge in [-0.3, -0.25) is 9.78 Å². The second-order valence-electron chi connectivity index (χ2n) is 9.00. The molecule has 3 atom stereocenters. The molecule has 2 aliphatic rings. The number of pyridine rings is 1. The van der Waals surface area contributed by atoms with Crippen molar-refractivity contribution in [3.8, 4) is 0 Å². The lowest BCUT2D eigenvalue weighted by Crippen LogP contribution is -2.50. The Bertz CT molecular complexity index is 1450. The van der Waals surface area contributed by atoms with Gasteiger partial charge in [-0.1, -0.05) is 6.07 Å². The molecule has 1 saturated heterocycles. The van der Waals surface area contributed by atoms with Crippen LogP contribution in [0, 0.1) is 11.8 Å². The zero-order chi connectivity index (χ0) is 24.8. The SMILES string of the molecule is O=C1NCCC2CCC(N(Cc3cc4cnccc4o3)S(=O)(=O)c3cccc(S(=O)(=O)F)c3)CC12. The van der Waals surface area contributed by atoms with E-state index in [2.05, 4.69) is 10.3 Å². The number of benzene rings is 1. The first kappa shape index (κ1) is 23.9. The molecule has 1 aliphatic carbocycles. The molecular weight excluding hydrogens is 497 g/mol. The zero-order valence-corrected chi connectivity index (χ0v) is 20.3. The number of halogens is 1. The standard InChI is InChI=1S/C23H24FN3O6S2/c24-34(29,30)19-2-1-3-20(12-19)35(31,32)27(14-18-10-16-13-25-8-7-22(16)33-18)17-5-4-15-6-9-26-23(28)21(15)11-17/h1-3,7-8,10,12-13,15,17,21H,4-6,9,11,14H2,(H,26,28). The van der Waals surface area contributed by atoms with E-state index in [1.54, 1.807) is 24.5 Å². The third-order valence-corrected chi connectivity index (χ3v) is 9.61. The molecule has 3 unspecified atom stereocenters. The van der Waals surface area contributed by atoms with Gasteiger partial charge < -0.3 is 9.73 Å². The molecule has 1 N–H and O–H groups in total. The minimum Gasteiger partial charge on any atom is -0.460 e. The molecule has 5 rings (SSSR count). The number of nitrogens with one attached hydrogen (secondary N) is 1. The van der Waals surface area contributed by atoms with Crippen molar-refractivity contribution < 1.29 is 29.9 Å². The fraction of sp³-hybridized carbons (Fsp3) is 0.391. The largest absolute Gasteiger partial charge is 0.460 e. The van der Waals surface area contributed by atoms with Gasteiger partial charge in [-0.25, -0.2) is 8.42 Å². The molecule has 0 bridgehead atoms. The second kappa shape index (κ2) is 8.99. The average Bonchev–Trinajstić information content (AvgIpc) is 3.25. The Kier molecular flexibility index (Phi) is 6.14. The van der Waals surface area contributed by atoms with Crippen LogP contribution in [0.1, 0.15) is 31.4 Å². The summed E-state index contributed by atoms with van der Waals surface area (Å²) in [4.78, 5) is 15.5. The van der Waals surface area contributed by atoms with Crippen molar-refractivity contribution in [3.63, 3.8) is 0 Å². The van der Waals surface area contributed by atoms with Crippen LogP contribution >= 0.6 is 0 Å². The normalized spacial score (nSPS) is 23.3. The van der Waals surface area contributed by atoms with Crippen LogP contribution in [0.4, 0.5) is 3.89 Å². The number of rotatable bonds is 6. The van der Waals surface area contributed by atoms with E-state index < -0.39 is 31.2 Å². The van der Waals surface area contributed by atoms with Gasteiger partial charge in [0.2, 0.25) is 15.9 Å². The van der Waals surface area contributed by atoms with Gasteiger partial charge in [-0.05, 0) is 61.9 Å². The fourth-order valence-corrected chi connectivity index (χ4v) is 7.42. The van der Waals surface area contributed by atoms with Crippen LogP contribution in [0.25, 0.3) is 11.0 Å². The Labute approximate surface area is 202 Å². The summed E-state index contributed by atoms with van der Waals surface area (Å²) in [5, 5.41) is 3.57. The van der Waals surface area contributed by atoms with E-state index in [0.29, 0.717) is 42.5 Å². The van der Waals surface area contributed by atoms with Crippen LogP contribution < -0.4 is 5.32 Å². The van der Waals surface area contributed by atoms with E-state index in [1.165, 1.54) is 16.4 Å². The Morgan fingerprint density at radius 3 is 2.66 bits per heavy atom. The first-order valence-electron chi connectivity index (χ1n) is 11.3. The molecule has 186 valence electrons. The van der Waals surface area contributed by atoms with E-state index in [0.717, 1.165) is 18.6 Å². The summed E-state index contributed by atoms with van der Waals surface area (Å²) in [6.07, 6.45) is 5.58. The van der Waals surface area contributed by atoms with Gasteiger partial charge in [0.05, 0.1) is 16.3 Å². The summed E-state index contributed by atoms with van der Waals surface area (Å²) in [6.45, 7) is 0.484. The quantitative estimate of drug-likeness (QED) is 0.494. The smallest absolute Gasteiger partial charge is 0.332 e. The first-order valence-corrected chi connectivity index (χ1v) is 14.1. The number of fused-ring (bicyclic) bond motifs is 2. The molecule has 0 spiro atoms. The Morgan fingerprint density at radius 1 is 1.09 bits per heavy atom. The number of amides is 1. The number of sulfonamides is 1. The monoisotopic (exact) mass is 521 g/mol. The summed E-state index contributed by atoms with van der Waals surface area (Å²) in [7, 11) is -9.38. The molecule has 2 aromatic heterocycles. The van der Waals surface area contributed by atoms with Gasteiger partial charge in [-0.15, -0.1) is 3.89 Å². The highest BCUT2D eigenvalue weighted by Crippen LogP contribution is 2.39. The molecule has 3 aromatic rings. The van der Waals surface area contributed by atoms with Crippen LogP contribution in [0.3, 0.4) is 0 Å². The van der Waals surface area contributed by atoms with E-state index in [4.69, 9.17) is 4.42 Å². The lowest BCUT2D eigenvalue weighted by molar-refractivity contribution is -0.130. The van der Waals surface area contributed by atoms with E-state index in [9.17, 15) is 25.5 Å². The summed E-state index contributed by atoms with van der Waals surface area (Å²) >= 11 is 0. The molecule has 2 fully saturated rings. The van der Waals surface area contributed by atoms with Crippen molar-refractivity contribution in [3.05, 3.63) is 54.6 Å². The van der Waals surface area contributed by atoms with Crippen LogP contribution in [0.15, 0.2) is 63.0 Å². The van der Waals surface area contributed by atoms with Gasteiger partial charge in [0.1, 0.15) is 11.3 Å². The average molecular weight is 522 g/mol. The number of aromatic nitrogens is 1. The molecule has 1 aromatic carbocycles. The second-order valence-corrected chi connectivity index (χ2v) is 12.2. The van der Waals surface area contributed by atoms with Crippen molar-refractivity contribution in [1.82, 2.24) is 14.6 Å². The molecule has 3 heterocycles. The summed E-state index contributed by atoms with van der Waals surface area (Å²) in [6, 6.07) is 7.09. The molecule has 0 radical (unpaired) electrons. The highest BCUT2D eigenvalue weighted by atomic mass is 32.3. The number of furan rings is 1. The number of nitrogens with zero attached hydrogens (tertiary/aromatic N) is 2. The number of hydrogen-bond donors (Lipinski definition) is 1. The molecule has 12 heteroatoms. The van der Waals surface area contributed by atoms with Gasteiger partial charge >= 0.3 is 10.2 Å². The highest BCUT2D eigenvalue weighted by Gasteiger charge is 2.42.